The normalized spacial score (nSPS) is 26.6. The van der Waals surface area contributed by atoms with Crippen LogP contribution in [0.1, 0.15) is 23.6 Å². The zero-order valence-electron chi connectivity index (χ0n) is 15.8. The van der Waals surface area contributed by atoms with Crippen LogP contribution < -0.4 is 15.8 Å². The molecule has 0 spiro atoms. The Balaban J connectivity index is 1.46. The summed E-state index contributed by atoms with van der Waals surface area (Å²) in [5, 5.41) is 24.9. The standard InChI is InChI=1S/C21H23FN4O3/c22-13-10-26(21-18(13)14(23)5-7-25-21)15-8-17(20(28)19(15)27)29-16-3-1-2-11-9-24-6-4-12(11)16/h1-3,5,7,10,15,17,19-20,24,27-28H,4,6,8-9H2,(H2,23,25)/t15?,17?,19-,20+/m0/s1. The zero-order chi connectivity index (χ0) is 20.1. The summed E-state index contributed by atoms with van der Waals surface area (Å²) >= 11 is 0. The molecule has 2 unspecified atom stereocenters. The molecular weight excluding hydrogens is 375 g/mol. The predicted octanol–water partition coefficient (Wildman–Crippen LogP) is 1.52. The SMILES string of the molecule is Nc1ccnc2c1c(F)cn2C1CC(Oc2cccc3c2CCNC3)[C@@H](O)[C@H]1O. The number of nitrogens with zero attached hydrogens (tertiary/aromatic N) is 2. The van der Waals surface area contributed by atoms with Gasteiger partial charge in [0.25, 0.3) is 0 Å². The average molecular weight is 398 g/mol. The van der Waals surface area contributed by atoms with Gasteiger partial charge in [0.15, 0.2) is 5.82 Å². The first-order chi connectivity index (χ1) is 14.0. The van der Waals surface area contributed by atoms with Crippen LogP contribution in [0.2, 0.25) is 0 Å². The number of nitrogens with two attached hydrogens (primary N) is 1. The number of aliphatic hydroxyl groups excluding tert-OH is 2. The summed E-state index contributed by atoms with van der Waals surface area (Å²) in [7, 11) is 0. The van der Waals surface area contributed by atoms with Crippen molar-refractivity contribution in [2.24, 2.45) is 0 Å². The second-order valence-electron chi connectivity index (χ2n) is 7.74. The highest BCUT2D eigenvalue weighted by Crippen LogP contribution is 2.38. The van der Waals surface area contributed by atoms with Gasteiger partial charge in [-0.2, -0.15) is 0 Å². The second-order valence-corrected chi connectivity index (χ2v) is 7.74. The number of anilines is 1. The molecule has 1 saturated carbocycles. The van der Waals surface area contributed by atoms with Gasteiger partial charge in [0.1, 0.15) is 29.7 Å². The van der Waals surface area contributed by atoms with Crippen LogP contribution in [0.25, 0.3) is 11.0 Å². The molecule has 0 amide bonds. The lowest BCUT2D eigenvalue weighted by atomic mass is 10.00. The van der Waals surface area contributed by atoms with Crippen LogP contribution >= 0.6 is 0 Å². The third kappa shape index (κ3) is 2.95. The lowest BCUT2D eigenvalue weighted by molar-refractivity contribution is -0.0166. The highest BCUT2D eigenvalue weighted by Gasteiger charge is 2.45. The number of aliphatic hydroxyl groups is 2. The molecule has 5 rings (SSSR count). The number of rotatable bonds is 3. The van der Waals surface area contributed by atoms with Gasteiger partial charge in [-0.25, -0.2) is 9.37 Å². The lowest BCUT2D eigenvalue weighted by Crippen LogP contribution is -2.34. The van der Waals surface area contributed by atoms with Crippen LogP contribution in [0, 0.1) is 5.82 Å². The van der Waals surface area contributed by atoms with Crippen molar-refractivity contribution in [3.63, 3.8) is 0 Å². The second kappa shape index (κ2) is 6.98. The largest absolute Gasteiger partial charge is 0.487 e. The van der Waals surface area contributed by atoms with E-state index in [0.717, 1.165) is 30.8 Å². The number of nitrogens with one attached hydrogen (secondary N) is 1. The van der Waals surface area contributed by atoms with E-state index < -0.39 is 30.2 Å². The smallest absolute Gasteiger partial charge is 0.152 e. The molecular formula is C21H23FN4O3. The molecule has 152 valence electrons. The molecule has 1 fully saturated rings. The van der Waals surface area contributed by atoms with Crippen molar-refractivity contribution in [3.8, 4) is 5.75 Å². The molecule has 4 atom stereocenters. The fourth-order valence-corrected chi connectivity index (χ4v) is 4.54. The molecule has 5 N–H and O–H groups in total. The Bertz CT molecular complexity index is 1070. The molecule has 8 heteroatoms. The molecule has 3 aromatic rings. The minimum Gasteiger partial charge on any atom is -0.487 e. The Labute approximate surface area is 166 Å². The van der Waals surface area contributed by atoms with Gasteiger partial charge in [0.05, 0.1) is 11.4 Å². The quantitative estimate of drug-likeness (QED) is 0.533. The molecule has 0 radical (unpaired) electrons. The number of fused-ring (bicyclic) bond motifs is 2. The maximum atomic E-state index is 14.5. The van der Waals surface area contributed by atoms with Crippen LogP contribution in [0.5, 0.6) is 5.75 Å². The van der Waals surface area contributed by atoms with Crippen LogP contribution in [0.3, 0.4) is 0 Å². The van der Waals surface area contributed by atoms with Crippen molar-refractivity contribution in [1.29, 1.82) is 0 Å². The fraction of sp³-hybridized carbons (Fsp3) is 0.381. The molecule has 2 aromatic heterocycles. The van der Waals surface area contributed by atoms with E-state index in [1.807, 2.05) is 12.1 Å². The fourth-order valence-electron chi connectivity index (χ4n) is 4.54. The number of halogens is 1. The summed E-state index contributed by atoms with van der Waals surface area (Å²) in [5.41, 5.74) is 8.83. The molecule has 29 heavy (non-hydrogen) atoms. The van der Waals surface area contributed by atoms with Crippen molar-refractivity contribution < 1.29 is 19.3 Å². The Morgan fingerprint density at radius 1 is 1.24 bits per heavy atom. The molecule has 0 bridgehead atoms. The van der Waals surface area contributed by atoms with E-state index in [1.165, 1.54) is 24.0 Å². The molecule has 1 aliphatic heterocycles. The van der Waals surface area contributed by atoms with E-state index in [9.17, 15) is 14.6 Å². The first-order valence-electron chi connectivity index (χ1n) is 9.79. The average Bonchev–Trinajstić information content (AvgIpc) is 3.20. The highest BCUT2D eigenvalue weighted by atomic mass is 19.1. The highest BCUT2D eigenvalue weighted by molar-refractivity contribution is 5.89. The number of hydrogen-bond donors (Lipinski definition) is 4. The van der Waals surface area contributed by atoms with Crippen molar-refractivity contribution in [2.75, 3.05) is 12.3 Å². The third-order valence-electron chi connectivity index (χ3n) is 6.03. The first-order valence-corrected chi connectivity index (χ1v) is 9.79. The Kier molecular flexibility index (Phi) is 4.42. The maximum absolute atomic E-state index is 14.5. The summed E-state index contributed by atoms with van der Waals surface area (Å²) in [5.74, 6) is 0.230. The molecule has 0 saturated heterocycles. The van der Waals surface area contributed by atoms with Gasteiger partial charge in [-0.15, -0.1) is 0 Å². The molecule has 7 nitrogen and oxygen atoms in total. The van der Waals surface area contributed by atoms with Crippen LogP contribution in [0.15, 0.2) is 36.7 Å². The lowest BCUT2D eigenvalue weighted by Gasteiger charge is -2.24. The minimum atomic E-state index is -1.11. The van der Waals surface area contributed by atoms with Crippen LogP contribution in [-0.2, 0) is 13.0 Å². The third-order valence-corrected chi connectivity index (χ3v) is 6.03. The van der Waals surface area contributed by atoms with Gasteiger partial charge < -0.3 is 30.6 Å². The topological polar surface area (TPSA) is 106 Å². The number of nitrogen functional groups attached to an aromatic ring is 1. The van der Waals surface area contributed by atoms with Crippen molar-refractivity contribution in [2.45, 2.75) is 43.7 Å². The Morgan fingerprint density at radius 2 is 2.10 bits per heavy atom. The van der Waals surface area contributed by atoms with E-state index in [4.69, 9.17) is 10.5 Å². The van der Waals surface area contributed by atoms with E-state index in [-0.39, 0.29) is 11.1 Å². The molecule has 2 aliphatic rings. The Morgan fingerprint density at radius 3 is 2.97 bits per heavy atom. The summed E-state index contributed by atoms with van der Waals surface area (Å²) < 4.78 is 22.2. The van der Waals surface area contributed by atoms with Gasteiger partial charge in [0.2, 0.25) is 0 Å². The maximum Gasteiger partial charge on any atom is 0.152 e. The molecule has 1 aromatic carbocycles. The van der Waals surface area contributed by atoms with E-state index in [1.54, 1.807) is 4.57 Å². The zero-order valence-corrected chi connectivity index (χ0v) is 15.8. The van der Waals surface area contributed by atoms with Gasteiger partial charge in [-0.05, 0) is 36.2 Å². The molecule has 1 aliphatic carbocycles. The monoisotopic (exact) mass is 398 g/mol. The molecule has 3 heterocycles. The van der Waals surface area contributed by atoms with E-state index >= 15 is 0 Å². The van der Waals surface area contributed by atoms with Gasteiger partial charge in [-0.1, -0.05) is 12.1 Å². The van der Waals surface area contributed by atoms with Gasteiger partial charge >= 0.3 is 0 Å². The van der Waals surface area contributed by atoms with Crippen molar-refractivity contribution >= 4 is 16.7 Å². The van der Waals surface area contributed by atoms with Gasteiger partial charge in [0, 0.05) is 31.0 Å². The van der Waals surface area contributed by atoms with Crippen LogP contribution in [-0.4, -0.2) is 44.6 Å². The van der Waals surface area contributed by atoms with Crippen molar-refractivity contribution in [1.82, 2.24) is 14.9 Å². The minimum absolute atomic E-state index is 0.225. The summed E-state index contributed by atoms with van der Waals surface area (Å²) in [4.78, 5) is 4.24. The van der Waals surface area contributed by atoms with E-state index in [0.29, 0.717) is 12.1 Å². The van der Waals surface area contributed by atoms with Gasteiger partial charge in [-0.3, -0.25) is 0 Å². The summed E-state index contributed by atoms with van der Waals surface area (Å²) in [6.07, 6.45) is 1.13. The number of hydrogen-bond acceptors (Lipinski definition) is 6. The number of pyridine rings is 1. The number of aromatic nitrogens is 2. The summed E-state index contributed by atoms with van der Waals surface area (Å²) in [6, 6.07) is 6.84. The van der Waals surface area contributed by atoms with E-state index in [2.05, 4.69) is 16.4 Å². The van der Waals surface area contributed by atoms with Crippen LogP contribution in [0.4, 0.5) is 10.1 Å². The first kappa shape index (κ1) is 18.4. The predicted molar refractivity (Wildman–Crippen MR) is 106 cm³/mol. The number of benzene rings is 1. The van der Waals surface area contributed by atoms with Crippen molar-refractivity contribution in [3.05, 3.63) is 53.6 Å². The Hall–Kier alpha value is -2.68. The summed E-state index contributed by atoms with van der Waals surface area (Å²) in [6.45, 7) is 1.65. The number of ether oxygens (including phenoxy) is 1.